The van der Waals surface area contributed by atoms with Gasteiger partial charge < -0.3 is 0 Å². The highest BCUT2D eigenvalue weighted by Crippen LogP contribution is 2.37. The third kappa shape index (κ3) is 4.74. The molecular weight excluding hydrogens is 581 g/mol. The van der Waals surface area contributed by atoms with E-state index >= 15 is 0 Å². The first-order valence-corrected chi connectivity index (χ1v) is 16.1. The van der Waals surface area contributed by atoms with Gasteiger partial charge in [0.05, 0.1) is 17.6 Å². The minimum absolute atomic E-state index is 0.702. The number of nitrogens with zero attached hydrogens (tertiary/aromatic N) is 3. The Balaban J connectivity index is 1.08. The summed E-state index contributed by atoms with van der Waals surface area (Å²) >= 11 is 1.85. The molecule has 0 bridgehead atoms. The van der Waals surface area contributed by atoms with Crippen LogP contribution in [0, 0.1) is 0 Å². The number of aromatic amines is 1. The molecule has 0 fully saturated rings. The molecule has 0 atom stereocenters. The highest BCUT2D eigenvalue weighted by molar-refractivity contribution is 7.25. The first-order chi connectivity index (χ1) is 22.7. The molecule has 0 aliphatic carbocycles. The Morgan fingerprint density at radius 1 is 0.478 bits per heavy atom. The van der Waals surface area contributed by atoms with Crippen LogP contribution in [0.2, 0.25) is 0 Å². The normalized spacial score (nSPS) is 11.5. The first-order valence-electron chi connectivity index (χ1n) is 15.3. The van der Waals surface area contributed by atoms with Gasteiger partial charge in [0.15, 0.2) is 11.5 Å². The van der Waals surface area contributed by atoms with Crippen LogP contribution in [0.1, 0.15) is 0 Å². The summed E-state index contributed by atoms with van der Waals surface area (Å²) in [7, 11) is 0. The van der Waals surface area contributed by atoms with E-state index in [9.17, 15) is 0 Å². The van der Waals surface area contributed by atoms with Crippen molar-refractivity contribution >= 4 is 37.2 Å². The largest absolute Gasteiger partial charge is 0.284 e. The molecule has 0 amide bonds. The van der Waals surface area contributed by atoms with Crippen LogP contribution in [0.4, 0.5) is 0 Å². The summed E-state index contributed by atoms with van der Waals surface area (Å²) in [5.41, 5.74) is 10.5. The minimum Gasteiger partial charge on any atom is -0.237 e. The van der Waals surface area contributed by atoms with Crippen molar-refractivity contribution in [1.82, 2.24) is 15.0 Å². The Labute approximate surface area is 269 Å². The summed E-state index contributed by atoms with van der Waals surface area (Å²) in [5.74, 6) is 0.702. The molecule has 9 aromatic rings. The SMILES string of the molecule is c1ccc(-c2cc(-c3ccc(-c4ccc5sc6ccccc6c5c4)cc3)nc(-c3ccc(-c4c[n+]5ccccc5[nH]4)cc3)n2)cc1. The summed E-state index contributed by atoms with van der Waals surface area (Å²) < 4.78 is 4.73. The summed E-state index contributed by atoms with van der Waals surface area (Å²) in [6.07, 6.45) is 4.16. The molecule has 4 heterocycles. The Hall–Kier alpha value is -5.91. The average molecular weight is 608 g/mol. The molecule has 0 spiro atoms. The fraction of sp³-hybridized carbons (Fsp3) is 0. The van der Waals surface area contributed by atoms with Crippen LogP contribution in [-0.4, -0.2) is 15.0 Å². The minimum atomic E-state index is 0.702. The molecule has 0 radical (unpaired) electrons. The summed E-state index contributed by atoms with van der Waals surface area (Å²) in [6, 6.07) is 51.2. The molecule has 0 aliphatic heterocycles. The Kier molecular flexibility index (Phi) is 6.28. The molecule has 0 saturated carbocycles. The predicted molar refractivity (Wildman–Crippen MR) is 190 cm³/mol. The van der Waals surface area contributed by atoms with Crippen molar-refractivity contribution in [2.45, 2.75) is 0 Å². The molecule has 46 heavy (non-hydrogen) atoms. The van der Waals surface area contributed by atoms with Gasteiger partial charge in [-0.05, 0) is 53.6 Å². The van der Waals surface area contributed by atoms with Crippen LogP contribution in [0.5, 0.6) is 0 Å². The lowest BCUT2D eigenvalue weighted by molar-refractivity contribution is -0.509. The van der Waals surface area contributed by atoms with Crippen molar-refractivity contribution < 1.29 is 4.40 Å². The maximum Gasteiger partial charge on any atom is 0.284 e. The summed E-state index contributed by atoms with van der Waals surface area (Å²) in [4.78, 5) is 13.6. The third-order valence-corrected chi connectivity index (χ3v) is 9.71. The van der Waals surface area contributed by atoms with Crippen molar-refractivity contribution in [3.8, 4) is 56.3 Å². The predicted octanol–water partition coefficient (Wildman–Crippen LogP) is 10.2. The number of H-pyrrole nitrogens is 1. The Morgan fingerprint density at radius 3 is 1.91 bits per heavy atom. The molecule has 5 heteroatoms. The topological polar surface area (TPSA) is 45.7 Å². The lowest BCUT2D eigenvalue weighted by atomic mass is 10.00. The smallest absolute Gasteiger partial charge is 0.237 e. The quantitative estimate of drug-likeness (QED) is 0.198. The van der Waals surface area contributed by atoms with E-state index in [1.807, 2.05) is 47.9 Å². The second-order valence-corrected chi connectivity index (χ2v) is 12.5. The van der Waals surface area contributed by atoms with Gasteiger partial charge in [-0.1, -0.05) is 97.1 Å². The van der Waals surface area contributed by atoms with Crippen molar-refractivity contribution in [3.63, 3.8) is 0 Å². The fourth-order valence-corrected chi connectivity index (χ4v) is 7.24. The van der Waals surface area contributed by atoms with Crippen molar-refractivity contribution in [1.29, 1.82) is 0 Å². The molecule has 1 N–H and O–H groups in total. The van der Waals surface area contributed by atoms with Gasteiger partial charge in [-0.25, -0.2) is 19.4 Å². The van der Waals surface area contributed by atoms with Gasteiger partial charge in [-0.2, -0.15) is 0 Å². The maximum atomic E-state index is 5.09. The molecule has 4 aromatic heterocycles. The highest BCUT2D eigenvalue weighted by Gasteiger charge is 2.14. The van der Waals surface area contributed by atoms with Crippen LogP contribution < -0.4 is 4.40 Å². The number of fused-ring (bicyclic) bond motifs is 4. The highest BCUT2D eigenvalue weighted by atomic mass is 32.1. The zero-order valence-electron chi connectivity index (χ0n) is 24.8. The van der Waals surface area contributed by atoms with Gasteiger partial charge >= 0.3 is 0 Å². The zero-order chi connectivity index (χ0) is 30.5. The van der Waals surface area contributed by atoms with Gasteiger partial charge in [-0.3, -0.25) is 0 Å². The van der Waals surface area contributed by atoms with Crippen molar-refractivity contribution in [2.75, 3.05) is 0 Å². The van der Waals surface area contributed by atoms with Crippen molar-refractivity contribution in [2.24, 2.45) is 0 Å². The number of aromatic nitrogens is 4. The summed E-state index contributed by atoms with van der Waals surface area (Å²) in [5, 5.41) is 2.63. The summed E-state index contributed by atoms with van der Waals surface area (Å²) in [6.45, 7) is 0. The molecule has 216 valence electrons. The van der Waals surface area contributed by atoms with Gasteiger partial charge in [0.1, 0.15) is 6.20 Å². The second kappa shape index (κ2) is 10.9. The lowest BCUT2D eigenvalue weighted by Gasteiger charge is -2.10. The van der Waals surface area contributed by atoms with E-state index in [-0.39, 0.29) is 0 Å². The zero-order valence-corrected chi connectivity index (χ0v) is 25.6. The van der Waals surface area contributed by atoms with Crippen molar-refractivity contribution in [3.05, 3.63) is 158 Å². The van der Waals surface area contributed by atoms with Crippen LogP contribution in [0.3, 0.4) is 0 Å². The Morgan fingerprint density at radius 2 is 1.11 bits per heavy atom. The van der Waals surface area contributed by atoms with E-state index in [4.69, 9.17) is 9.97 Å². The van der Waals surface area contributed by atoms with Crippen LogP contribution in [-0.2, 0) is 0 Å². The van der Waals surface area contributed by atoms with E-state index in [1.54, 1.807) is 0 Å². The lowest BCUT2D eigenvalue weighted by Crippen LogP contribution is -2.15. The fourth-order valence-electron chi connectivity index (χ4n) is 6.15. The van der Waals surface area contributed by atoms with Gasteiger partial charge in [0.25, 0.3) is 5.65 Å². The molecule has 4 nitrogen and oxygen atoms in total. The van der Waals surface area contributed by atoms with E-state index in [0.717, 1.165) is 45.0 Å². The number of hydrogen-bond donors (Lipinski definition) is 1. The van der Waals surface area contributed by atoms with Crippen LogP contribution >= 0.6 is 11.3 Å². The van der Waals surface area contributed by atoms with E-state index in [1.165, 1.54) is 31.3 Å². The monoisotopic (exact) mass is 607 g/mol. The number of hydrogen-bond acceptors (Lipinski definition) is 3. The first kappa shape index (κ1) is 26.5. The number of thiophene rings is 1. The van der Waals surface area contributed by atoms with E-state index in [0.29, 0.717) is 5.82 Å². The third-order valence-electron chi connectivity index (χ3n) is 8.56. The van der Waals surface area contributed by atoms with E-state index < -0.39 is 0 Å². The maximum absolute atomic E-state index is 5.09. The second-order valence-electron chi connectivity index (χ2n) is 11.5. The molecule has 0 saturated heterocycles. The van der Waals surface area contributed by atoms with Gasteiger partial charge in [0.2, 0.25) is 0 Å². The van der Waals surface area contributed by atoms with Gasteiger partial charge in [-0.15, -0.1) is 11.3 Å². The van der Waals surface area contributed by atoms with Crippen LogP contribution in [0.15, 0.2) is 158 Å². The Bertz CT molecular complexity index is 2480. The van der Waals surface area contributed by atoms with Crippen LogP contribution in [0.25, 0.3) is 82.1 Å². The van der Waals surface area contributed by atoms with Gasteiger partial charge in [0, 0.05) is 48.5 Å². The number of nitrogens with one attached hydrogen (secondary N) is 1. The molecular formula is C41H27N4S+. The number of rotatable bonds is 5. The molecule has 9 rings (SSSR count). The molecule has 5 aromatic carbocycles. The molecule has 0 aliphatic rings. The van der Waals surface area contributed by atoms with E-state index in [2.05, 4.69) is 131 Å². The number of imidazole rings is 1. The average Bonchev–Trinajstić information content (AvgIpc) is 3.74. The molecule has 0 unspecified atom stereocenters. The number of pyridine rings is 1. The standard InChI is InChI=1S/C41H26N4S/c1-2-8-28(9-3-1)35-25-36(44-41(43-35)31-19-17-30(18-20-31)37-26-45-23-7-6-12-40(45)42-37)29-15-13-27(14-16-29)32-21-22-39-34(24-32)33-10-4-5-11-38(33)46-39/h1-26H/p+1. The number of benzene rings is 5.